The summed E-state index contributed by atoms with van der Waals surface area (Å²) in [4.78, 5) is 27.8. The SMILES string of the molecule is COC(=O)c1cc(-c2c(OC)cccc2OC)n(-c2ccc(C(=O)NCCCN(C)C)c3c2CCCC3)n1. The van der Waals surface area contributed by atoms with Crippen LogP contribution in [0.3, 0.4) is 0 Å². The molecule has 1 N–H and O–H groups in total. The normalized spacial score (nSPS) is 12.7. The summed E-state index contributed by atoms with van der Waals surface area (Å²) in [6.07, 6.45) is 4.51. The van der Waals surface area contributed by atoms with Crippen LogP contribution in [-0.4, -0.2) is 75.1 Å². The number of aromatic nitrogens is 2. The van der Waals surface area contributed by atoms with Crippen LogP contribution in [0.2, 0.25) is 0 Å². The van der Waals surface area contributed by atoms with E-state index in [1.54, 1.807) is 25.0 Å². The van der Waals surface area contributed by atoms with Gasteiger partial charge in [0.1, 0.15) is 11.5 Å². The molecule has 0 fully saturated rings. The Balaban J connectivity index is 1.83. The van der Waals surface area contributed by atoms with E-state index in [0.29, 0.717) is 34.9 Å². The van der Waals surface area contributed by atoms with Gasteiger partial charge in [0, 0.05) is 12.1 Å². The van der Waals surface area contributed by atoms with Crippen molar-refractivity contribution in [1.29, 1.82) is 0 Å². The van der Waals surface area contributed by atoms with Crippen molar-refractivity contribution >= 4 is 11.9 Å². The summed E-state index contributed by atoms with van der Waals surface area (Å²) in [6, 6.07) is 11.0. The van der Waals surface area contributed by atoms with Crippen molar-refractivity contribution in [3.05, 3.63) is 58.8 Å². The molecule has 1 heterocycles. The van der Waals surface area contributed by atoms with Gasteiger partial charge in [-0.1, -0.05) is 6.07 Å². The van der Waals surface area contributed by atoms with Crippen molar-refractivity contribution in [3.8, 4) is 28.4 Å². The minimum absolute atomic E-state index is 0.0595. The standard InChI is InChI=1S/C29H36N4O5/c1-32(2)17-9-16-30-28(34)21-14-15-23(20-11-7-6-10-19(20)21)33-24(18-22(31-33)29(35)38-5)27-25(36-3)12-8-13-26(27)37-4/h8,12-15,18H,6-7,9-11,16-17H2,1-5H3,(H,30,34). The quantitative estimate of drug-likeness (QED) is 0.320. The average Bonchev–Trinajstić information content (AvgIpc) is 3.38. The lowest BCUT2D eigenvalue weighted by molar-refractivity contribution is 0.0593. The summed E-state index contributed by atoms with van der Waals surface area (Å²) in [5.74, 6) is 0.575. The van der Waals surface area contributed by atoms with E-state index in [9.17, 15) is 9.59 Å². The third-order valence-electron chi connectivity index (χ3n) is 6.84. The van der Waals surface area contributed by atoms with E-state index in [2.05, 4.69) is 15.3 Å². The second-order valence-corrected chi connectivity index (χ2v) is 9.56. The van der Waals surface area contributed by atoms with Crippen LogP contribution < -0.4 is 14.8 Å². The number of hydrogen-bond acceptors (Lipinski definition) is 7. The number of methoxy groups -OCH3 is 3. The number of benzene rings is 2. The molecule has 0 aliphatic heterocycles. The molecule has 0 saturated heterocycles. The van der Waals surface area contributed by atoms with Gasteiger partial charge in [-0.05, 0) is 94.2 Å². The summed E-state index contributed by atoms with van der Waals surface area (Å²) in [5, 5.41) is 7.74. The first kappa shape index (κ1) is 27.2. The Morgan fingerprint density at radius 3 is 2.32 bits per heavy atom. The van der Waals surface area contributed by atoms with Crippen LogP contribution in [0.5, 0.6) is 11.5 Å². The van der Waals surface area contributed by atoms with Crippen LogP contribution >= 0.6 is 0 Å². The molecular formula is C29H36N4O5. The van der Waals surface area contributed by atoms with Crippen LogP contribution in [0.4, 0.5) is 0 Å². The van der Waals surface area contributed by atoms with Crippen molar-refractivity contribution in [3.63, 3.8) is 0 Å². The highest BCUT2D eigenvalue weighted by Crippen LogP contribution is 2.41. The molecule has 1 amide bonds. The van der Waals surface area contributed by atoms with Gasteiger partial charge in [-0.2, -0.15) is 5.10 Å². The van der Waals surface area contributed by atoms with E-state index in [1.807, 2.05) is 44.4 Å². The van der Waals surface area contributed by atoms with Crippen LogP contribution in [0.1, 0.15) is 51.2 Å². The Bertz CT molecular complexity index is 1290. The Hall–Kier alpha value is -3.85. The largest absolute Gasteiger partial charge is 0.496 e. The van der Waals surface area contributed by atoms with Gasteiger partial charge in [-0.15, -0.1) is 0 Å². The van der Waals surface area contributed by atoms with Crippen LogP contribution in [0.25, 0.3) is 16.9 Å². The first-order valence-electron chi connectivity index (χ1n) is 12.9. The molecule has 0 unspecified atom stereocenters. The van der Waals surface area contributed by atoms with Gasteiger partial charge in [0.25, 0.3) is 5.91 Å². The first-order valence-corrected chi connectivity index (χ1v) is 12.9. The third kappa shape index (κ3) is 5.52. The molecule has 1 aliphatic rings. The Kier molecular flexibility index (Phi) is 8.68. The van der Waals surface area contributed by atoms with E-state index < -0.39 is 5.97 Å². The zero-order valence-corrected chi connectivity index (χ0v) is 22.8. The molecule has 0 atom stereocenters. The molecule has 0 bridgehead atoms. The second-order valence-electron chi connectivity index (χ2n) is 9.56. The van der Waals surface area contributed by atoms with Gasteiger partial charge in [0.2, 0.25) is 0 Å². The maximum Gasteiger partial charge on any atom is 0.358 e. The predicted molar refractivity (Wildman–Crippen MR) is 146 cm³/mol. The fourth-order valence-electron chi connectivity index (χ4n) is 5.00. The van der Waals surface area contributed by atoms with Gasteiger partial charge >= 0.3 is 5.97 Å². The molecule has 4 rings (SSSR count). The number of rotatable bonds is 10. The third-order valence-corrected chi connectivity index (χ3v) is 6.84. The van der Waals surface area contributed by atoms with Crippen molar-refractivity contribution in [2.45, 2.75) is 32.1 Å². The molecule has 9 heteroatoms. The molecule has 2 aromatic carbocycles. The van der Waals surface area contributed by atoms with Crippen molar-refractivity contribution in [2.24, 2.45) is 0 Å². The van der Waals surface area contributed by atoms with E-state index >= 15 is 0 Å². The van der Waals surface area contributed by atoms with Crippen LogP contribution in [-0.2, 0) is 17.6 Å². The first-order chi connectivity index (χ1) is 18.4. The number of nitrogens with one attached hydrogen (secondary N) is 1. The maximum atomic E-state index is 13.2. The van der Waals surface area contributed by atoms with Crippen LogP contribution in [0.15, 0.2) is 36.4 Å². The van der Waals surface area contributed by atoms with Gasteiger partial charge in [-0.3, -0.25) is 4.79 Å². The van der Waals surface area contributed by atoms with Crippen molar-refractivity contribution in [1.82, 2.24) is 20.0 Å². The highest BCUT2D eigenvalue weighted by molar-refractivity contribution is 5.96. The van der Waals surface area contributed by atoms with E-state index in [4.69, 9.17) is 14.2 Å². The number of carbonyl (C=O) groups is 2. The highest BCUT2D eigenvalue weighted by atomic mass is 16.5. The number of amides is 1. The molecule has 0 radical (unpaired) electrons. The highest BCUT2D eigenvalue weighted by Gasteiger charge is 2.27. The van der Waals surface area contributed by atoms with E-state index in [-0.39, 0.29) is 11.6 Å². The number of esters is 1. The molecule has 202 valence electrons. The lowest BCUT2D eigenvalue weighted by Gasteiger charge is -2.24. The van der Waals surface area contributed by atoms with Crippen molar-refractivity contribution in [2.75, 3.05) is 48.5 Å². The molecule has 1 aliphatic carbocycles. The Morgan fingerprint density at radius 2 is 1.68 bits per heavy atom. The smallest absolute Gasteiger partial charge is 0.358 e. The summed E-state index contributed by atoms with van der Waals surface area (Å²) < 4.78 is 18.0. The topological polar surface area (TPSA) is 94.9 Å². The number of hydrogen-bond donors (Lipinski definition) is 1. The average molecular weight is 521 g/mol. The monoisotopic (exact) mass is 520 g/mol. The van der Waals surface area contributed by atoms with Gasteiger partial charge in [0.15, 0.2) is 5.69 Å². The molecule has 38 heavy (non-hydrogen) atoms. The molecule has 0 saturated carbocycles. The van der Waals surface area contributed by atoms with Crippen molar-refractivity contribution < 1.29 is 23.8 Å². The summed E-state index contributed by atoms with van der Waals surface area (Å²) in [6.45, 7) is 1.53. The molecular weight excluding hydrogens is 484 g/mol. The van der Waals surface area contributed by atoms with Gasteiger partial charge in [-0.25, -0.2) is 9.48 Å². The zero-order valence-electron chi connectivity index (χ0n) is 22.8. The lowest BCUT2D eigenvalue weighted by atomic mass is 9.86. The number of nitrogens with zero attached hydrogens (tertiary/aromatic N) is 3. The number of fused-ring (bicyclic) bond motifs is 1. The maximum absolute atomic E-state index is 13.2. The molecule has 1 aromatic heterocycles. The minimum Gasteiger partial charge on any atom is -0.496 e. The fraction of sp³-hybridized carbons (Fsp3) is 0.414. The van der Waals surface area contributed by atoms with Crippen LogP contribution in [0, 0.1) is 0 Å². The Labute approximate surface area is 223 Å². The molecule has 9 nitrogen and oxygen atoms in total. The summed E-state index contributed by atoms with van der Waals surface area (Å²) >= 11 is 0. The van der Waals surface area contributed by atoms with E-state index in [0.717, 1.165) is 55.5 Å². The fourth-order valence-corrected chi connectivity index (χ4v) is 5.00. The minimum atomic E-state index is -0.540. The number of ether oxygens (including phenoxy) is 3. The summed E-state index contributed by atoms with van der Waals surface area (Å²) in [7, 11) is 8.56. The number of carbonyl (C=O) groups excluding carboxylic acids is 2. The Morgan fingerprint density at radius 1 is 1.00 bits per heavy atom. The lowest BCUT2D eigenvalue weighted by Crippen LogP contribution is -2.29. The second kappa shape index (κ2) is 12.1. The summed E-state index contributed by atoms with van der Waals surface area (Å²) in [5.41, 5.74) is 5.09. The van der Waals surface area contributed by atoms with Gasteiger partial charge < -0.3 is 24.4 Å². The molecule has 0 spiro atoms. The zero-order chi connectivity index (χ0) is 27.2. The predicted octanol–water partition coefficient (Wildman–Crippen LogP) is 3.90. The molecule has 3 aromatic rings. The van der Waals surface area contributed by atoms with Gasteiger partial charge in [0.05, 0.1) is 38.3 Å². The van der Waals surface area contributed by atoms with E-state index in [1.165, 1.54) is 7.11 Å².